The number of halogens is 1. The van der Waals surface area contributed by atoms with Crippen LogP contribution in [-0.2, 0) is 6.54 Å². The fourth-order valence-electron chi connectivity index (χ4n) is 2.82. The van der Waals surface area contributed by atoms with E-state index in [2.05, 4.69) is 10.3 Å². The number of nitrogens with one attached hydrogen (secondary N) is 1. The monoisotopic (exact) mass is 424 g/mol. The number of nitrogens with zero attached hydrogens (tertiary/aromatic N) is 1. The highest BCUT2D eigenvalue weighted by Gasteiger charge is 2.13. The molecule has 0 saturated heterocycles. The Hall–Kier alpha value is -2.96. The van der Waals surface area contributed by atoms with Crippen molar-refractivity contribution in [3.05, 3.63) is 88.8 Å². The lowest BCUT2D eigenvalue weighted by Gasteiger charge is -2.06. The minimum atomic E-state index is -0.313. The second-order valence-electron chi connectivity index (χ2n) is 6.22. The second kappa shape index (κ2) is 8.59. The van der Waals surface area contributed by atoms with Gasteiger partial charge in [-0.2, -0.15) is 0 Å². The van der Waals surface area contributed by atoms with Gasteiger partial charge < -0.3 is 14.2 Å². The highest BCUT2D eigenvalue weighted by atomic mass is 35.5. The number of benzene rings is 2. The number of hydrogen-bond acceptors (Lipinski definition) is 5. The lowest BCUT2D eigenvalue weighted by Crippen LogP contribution is -2.28. The van der Waals surface area contributed by atoms with Gasteiger partial charge in [-0.05, 0) is 60.9 Å². The summed E-state index contributed by atoms with van der Waals surface area (Å²) < 4.78 is 11.2. The van der Waals surface area contributed by atoms with Gasteiger partial charge in [-0.1, -0.05) is 17.7 Å². The summed E-state index contributed by atoms with van der Waals surface area (Å²) in [6.45, 7) is 0.265. The maximum Gasteiger partial charge on any atom is 0.257 e. The third kappa shape index (κ3) is 4.55. The Morgan fingerprint density at radius 3 is 2.83 bits per heavy atom. The van der Waals surface area contributed by atoms with E-state index < -0.39 is 0 Å². The minimum absolute atomic E-state index is 0.232. The van der Waals surface area contributed by atoms with E-state index in [1.165, 1.54) is 0 Å². The van der Waals surface area contributed by atoms with Gasteiger partial charge in [0, 0.05) is 15.3 Å². The average molecular weight is 425 g/mol. The van der Waals surface area contributed by atoms with E-state index >= 15 is 0 Å². The van der Waals surface area contributed by atoms with Crippen molar-refractivity contribution in [1.82, 2.24) is 5.32 Å². The summed E-state index contributed by atoms with van der Waals surface area (Å²) in [6, 6.07) is 18.3. The van der Waals surface area contributed by atoms with Crippen LogP contribution in [0.5, 0.6) is 0 Å². The topological polar surface area (TPSA) is 67.7 Å². The number of thioether (sulfide) groups is 1. The van der Waals surface area contributed by atoms with Gasteiger partial charge in [-0.25, -0.2) is 4.99 Å². The maximum atomic E-state index is 12.9. The molecule has 2 aromatic carbocycles. The van der Waals surface area contributed by atoms with Crippen LogP contribution in [0.2, 0.25) is 5.02 Å². The Balaban J connectivity index is 1.79. The summed E-state index contributed by atoms with van der Waals surface area (Å²) in [5.74, 6) is 0.345. The molecule has 0 aliphatic carbocycles. The zero-order valence-electron chi connectivity index (χ0n) is 15.5. The molecule has 0 unspecified atom stereocenters. The summed E-state index contributed by atoms with van der Waals surface area (Å²) in [7, 11) is 0. The Morgan fingerprint density at radius 2 is 2.03 bits per heavy atom. The molecule has 1 amide bonds. The molecule has 0 bridgehead atoms. The Labute approximate surface area is 176 Å². The molecule has 1 N–H and O–H groups in total. The molecule has 0 atom stereocenters. The van der Waals surface area contributed by atoms with Crippen molar-refractivity contribution in [2.45, 2.75) is 11.4 Å². The third-order valence-electron chi connectivity index (χ3n) is 4.24. The van der Waals surface area contributed by atoms with Gasteiger partial charge in [0.1, 0.15) is 16.9 Å². The maximum absolute atomic E-state index is 12.9. The predicted molar refractivity (Wildman–Crippen MR) is 115 cm³/mol. The van der Waals surface area contributed by atoms with Crippen molar-refractivity contribution in [1.29, 1.82) is 0 Å². The summed E-state index contributed by atoms with van der Waals surface area (Å²) >= 11 is 7.72. The van der Waals surface area contributed by atoms with Crippen LogP contribution in [0.3, 0.4) is 0 Å². The van der Waals surface area contributed by atoms with E-state index in [9.17, 15) is 4.79 Å². The standard InChI is InChI=1S/C22H17ClN2O3S/c1-29-18-6-2-4-16(12-18)25-22-19(21(26)24-13-17-5-3-9-27-17)11-14-10-15(23)7-8-20(14)28-22/h2-12H,13H2,1H3,(H,24,26). The minimum Gasteiger partial charge on any atom is -0.467 e. The Bertz CT molecular complexity index is 1230. The van der Waals surface area contributed by atoms with E-state index in [-0.39, 0.29) is 18.0 Å². The van der Waals surface area contributed by atoms with Crippen LogP contribution in [0, 0.1) is 0 Å². The zero-order chi connectivity index (χ0) is 20.2. The van der Waals surface area contributed by atoms with Gasteiger partial charge in [0.15, 0.2) is 0 Å². The van der Waals surface area contributed by atoms with E-state index in [0.717, 1.165) is 10.3 Å². The molecule has 0 fully saturated rings. The number of rotatable bonds is 5. The van der Waals surface area contributed by atoms with Crippen molar-refractivity contribution in [2.75, 3.05) is 6.26 Å². The molecule has 2 heterocycles. The number of carbonyl (C=O) groups is 1. The average Bonchev–Trinajstić information content (AvgIpc) is 3.25. The fraction of sp³-hybridized carbons (Fsp3) is 0.0909. The highest BCUT2D eigenvalue weighted by molar-refractivity contribution is 7.98. The number of amides is 1. The van der Waals surface area contributed by atoms with Crippen LogP contribution < -0.4 is 10.9 Å². The molecule has 5 nitrogen and oxygen atoms in total. The molecular weight excluding hydrogens is 408 g/mol. The molecule has 0 saturated carbocycles. The second-order valence-corrected chi connectivity index (χ2v) is 7.54. The van der Waals surface area contributed by atoms with Crippen LogP contribution in [0.1, 0.15) is 16.1 Å². The van der Waals surface area contributed by atoms with Crippen LogP contribution in [0.4, 0.5) is 5.69 Å². The molecule has 29 heavy (non-hydrogen) atoms. The first-order valence-corrected chi connectivity index (χ1v) is 10.5. The molecule has 0 aliphatic heterocycles. The van der Waals surface area contributed by atoms with E-state index in [0.29, 0.717) is 27.6 Å². The van der Waals surface area contributed by atoms with E-state index in [1.54, 1.807) is 54.4 Å². The number of hydrogen-bond donors (Lipinski definition) is 1. The fourth-order valence-corrected chi connectivity index (χ4v) is 3.45. The SMILES string of the molecule is CSc1cccc(N=c2oc3ccc(Cl)cc3cc2C(=O)NCc2ccco2)c1. The first-order valence-electron chi connectivity index (χ1n) is 8.85. The quantitative estimate of drug-likeness (QED) is 0.425. The van der Waals surface area contributed by atoms with Crippen LogP contribution in [-0.4, -0.2) is 12.2 Å². The van der Waals surface area contributed by atoms with Gasteiger partial charge in [-0.15, -0.1) is 11.8 Å². The molecule has 2 aromatic heterocycles. The van der Waals surface area contributed by atoms with Gasteiger partial charge >= 0.3 is 0 Å². The van der Waals surface area contributed by atoms with E-state index in [1.807, 2.05) is 30.5 Å². The van der Waals surface area contributed by atoms with Gasteiger partial charge in [0.25, 0.3) is 5.91 Å². The predicted octanol–water partition coefficient (Wildman–Crippen LogP) is 5.56. The lowest BCUT2D eigenvalue weighted by molar-refractivity contribution is 0.0944. The van der Waals surface area contributed by atoms with E-state index in [4.69, 9.17) is 20.4 Å². The van der Waals surface area contributed by atoms with Crippen LogP contribution in [0.15, 0.2) is 85.6 Å². The summed E-state index contributed by atoms with van der Waals surface area (Å²) in [5, 5.41) is 4.12. The third-order valence-corrected chi connectivity index (χ3v) is 5.20. The number of furan rings is 1. The summed E-state index contributed by atoms with van der Waals surface area (Å²) in [6.07, 6.45) is 3.56. The molecule has 0 spiro atoms. The van der Waals surface area contributed by atoms with Crippen molar-refractivity contribution >= 4 is 45.9 Å². The highest BCUT2D eigenvalue weighted by Crippen LogP contribution is 2.22. The first kappa shape index (κ1) is 19.4. The number of carbonyl (C=O) groups excluding carboxylic acids is 1. The zero-order valence-corrected chi connectivity index (χ0v) is 17.1. The normalized spacial score (nSPS) is 11.7. The van der Waals surface area contributed by atoms with Crippen molar-refractivity contribution < 1.29 is 13.6 Å². The molecule has 146 valence electrons. The Kier molecular flexibility index (Phi) is 5.74. The molecule has 4 aromatic rings. The lowest BCUT2D eigenvalue weighted by atomic mass is 10.1. The smallest absolute Gasteiger partial charge is 0.257 e. The first-order chi connectivity index (χ1) is 14.1. The van der Waals surface area contributed by atoms with Gasteiger partial charge in [0.2, 0.25) is 5.55 Å². The van der Waals surface area contributed by atoms with Gasteiger partial charge in [0.05, 0.1) is 18.5 Å². The molecule has 0 radical (unpaired) electrons. The van der Waals surface area contributed by atoms with Crippen molar-refractivity contribution in [3.63, 3.8) is 0 Å². The largest absolute Gasteiger partial charge is 0.467 e. The molecule has 0 aliphatic rings. The molecule has 7 heteroatoms. The Morgan fingerprint density at radius 1 is 1.14 bits per heavy atom. The number of fused-ring (bicyclic) bond motifs is 1. The molecule has 4 rings (SSSR count). The molecular formula is C22H17ClN2O3S. The van der Waals surface area contributed by atoms with Gasteiger partial charge in [-0.3, -0.25) is 4.79 Å². The van der Waals surface area contributed by atoms with Crippen molar-refractivity contribution in [2.24, 2.45) is 4.99 Å². The summed E-state index contributed by atoms with van der Waals surface area (Å²) in [4.78, 5) is 18.6. The summed E-state index contributed by atoms with van der Waals surface area (Å²) in [5.41, 5.74) is 1.85. The van der Waals surface area contributed by atoms with Crippen molar-refractivity contribution in [3.8, 4) is 0 Å². The van der Waals surface area contributed by atoms with Crippen LogP contribution >= 0.6 is 23.4 Å². The van der Waals surface area contributed by atoms with Crippen LogP contribution in [0.25, 0.3) is 11.0 Å².